The molecule has 0 atom stereocenters. The second-order valence-electron chi connectivity index (χ2n) is 4.78. The first kappa shape index (κ1) is 13.4. The van der Waals surface area contributed by atoms with Crippen LogP contribution in [0.3, 0.4) is 0 Å². The van der Waals surface area contributed by atoms with Gasteiger partial charge in [0.25, 0.3) is 0 Å². The Morgan fingerprint density at radius 2 is 2.00 bits per heavy atom. The topological polar surface area (TPSA) is 34.0 Å². The van der Waals surface area contributed by atoms with Crippen LogP contribution in [0.15, 0.2) is 6.20 Å². The van der Waals surface area contributed by atoms with Gasteiger partial charge < -0.3 is 9.47 Å². The molecule has 1 aliphatic heterocycles. The molecule has 8 heteroatoms. The smallest absolute Gasteiger partial charge is 0.339 e. The van der Waals surface area contributed by atoms with E-state index in [2.05, 4.69) is 14.5 Å². The number of nitrogens with zero attached hydrogens (tertiary/aromatic N) is 4. The molecule has 3 heterocycles. The molecule has 4 nitrogen and oxygen atoms in total. The molecule has 0 saturated heterocycles. The zero-order valence-electron chi connectivity index (χ0n) is 11.0. The Labute approximate surface area is 117 Å². The lowest BCUT2D eigenvalue weighted by Crippen LogP contribution is -2.34. The predicted octanol–water partition coefficient (Wildman–Crippen LogP) is 3.00. The first-order chi connectivity index (χ1) is 9.36. The van der Waals surface area contributed by atoms with Gasteiger partial charge >= 0.3 is 6.18 Å². The maximum atomic E-state index is 12.6. The molecule has 3 rings (SSSR count). The zero-order chi connectivity index (χ0) is 14.5. The standard InChI is InChI=1S/C12H13F3N4S/c1-7-8(2)19-4-3-18(6-10(19)17-7)11-16-5-9(20-11)12(13,14)15/h5H,3-4,6H2,1-2H3. The van der Waals surface area contributed by atoms with Gasteiger partial charge in [0, 0.05) is 18.8 Å². The van der Waals surface area contributed by atoms with E-state index in [4.69, 9.17) is 0 Å². The van der Waals surface area contributed by atoms with E-state index in [1.165, 1.54) is 0 Å². The largest absolute Gasteiger partial charge is 0.427 e. The highest BCUT2D eigenvalue weighted by atomic mass is 32.1. The summed E-state index contributed by atoms with van der Waals surface area (Å²) in [4.78, 5) is 9.54. The van der Waals surface area contributed by atoms with Gasteiger partial charge in [0.1, 0.15) is 10.7 Å². The lowest BCUT2D eigenvalue weighted by atomic mass is 10.3. The molecule has 0 aromatic carbocycles. The number of hydrogen-bond acceptors (Lipinski definition) is 4. The monoisotopic (exact) mass is 302 g/mol. The molecule has 2 aromatic rings. The number of halogens is 3. The van der Waals surface area contributed by atoms with Crippen LogP contribution in [-0.4, -0.2) is 21.1 Å². The Hall–Kier alpha value is -1.57. The second kappa shape index (κ2) is 4.47. The summed E-state index contributed by atoms with van der Waals surface area (Å²) in [6.07, 6.45) is -3.42. The second-order valence-corrected chi connectivity index (χ2v) is 5.79. The van der Waals surface area contributed by atoms with Crippen molar-refractivity contribution in [1.82, 2.24) is 14.5 Å². The zero-order valence-corrected chi connectivity index (χ0v) is 11.8. The molecule has 0 saturated carbocycles. The summed E-state index contributed by atoms with van der Waals surface area (Å²) in [5.74, 6) is 0.884. The summed E-state index contributed by atoms with van der Waals surface area (Å²) in [5.41, 5.74) is 2.09. The van der Waals surface area contributed by atoms with Gasteiger partial charge in [0.2, 0.25) is 0 Å². The molecule has 0 fully saturated rings. The molecular weight excluding hydrogens is 289 g/mol. The molecule has 0 unspecified atom stereocenters. The van der Waals surface area contributed by atoms with Crippen molar-refractivity contribution in [3.8, 4) is 0 Å². The van der Waals surface area contributed by atoms with Gasteiger partial charge in [0.05, 0.1) is 18.4 Å². The van der Waals surface area contributed by atoms with E-state index in [1.807, 2.05) is 18.7 Å². The van der Waals surface area contributed by atoms with Crippen LogP contribution in [0.4, 0.5) is 18.3 Å². The Balaban J connectivity index is 1.85. The number of aromatic nitrogens is 3. The summed E-state index contributed by atoms with van der Waals surface area (Å²) >= 11 is 0.685. The van der Waals surface area contributed by atoms with Gasteiger partial charge in [-0.2, -0.15) is 13.2 Å². The van der Waals surface area contributed by atoms with Gasteiger partial charge in [-0.15, -0.1) is 0 Å². The highest BCUT2D eigenvalue weighted by Gasteiger charge is 2.34. The van der Waals surface area contributed by atoms with E-state index in [0.717, 1.165) is 30.0 Å². The van der Waals surface area contributed by atoms with Crippen molar-refractivity contribution in [2.45, 2.75) is 33.1 Å². The molecule has 0 radical (unpaired) electrons. The van der Waals surface area contributed by atoms with Gasteiger partial charge in [-0.3, -0.25) is 0 Å². The highest BCUT2D eigenvalue weighted by molar-refractivity contribution is 7.15. The van der Waals surface area contributed by atoms with E-state index in [0.29, 0.717) is 29.6 Å². The molecule has 108 valence electrons. The third-order valence-electron chi connectivity index (χ3n) is 3.51. The van der Waals surface area contributed by atoms with Crippen LogP contribution in [0, 0.1) is 13.8 Å². The minimum Gasteiger partial charge on any atom is -0.339 e. The van der Waals surface area contributed by atoms with Crippen molar-refractivity contribution in [1.29, 1.82) is 0 Å². The Bertz CT molecular complexity index is 644. The van der Waals surface area contributed by atoms with E-state index in [9.17, 15) is 13.2 Å². The molecule has 0 spiro atoms. The average molecular weight is 302 g/mol. The van der Waals surface area contributed by atoms with Crippen LogP contribution in [0.5, 0.6) is 0 Å². The maximum Gasteiger partial charge on any atom is 0.427 e. The number of thiazole rings is 1. The molecule has 0 N–H and O–H groups in total. The fourth-order valence-electron chi connectivity index (χ4n) is 2.32. The molecule has 0 amide bonds. The molecule has 2 aromatic heterocycles. The molecule has 0 bridgehead atoms. The van der Waals surface area contributed by atoms with Crippen LogP contribution >= 0.6 is 11.3 Å². The molecular formula is C12H13F3N4S. The van der Waals surface area contributed by atoms with E-state index >= 15 is 0 Å². The van der Waals surface area contributed by atoms with E-state index in [1.54, 1.807) is 0 Å². The first-order valence-corrected chi connectivity index (χ1v) is 6.98. The number of rotatable bonds is 1. The van der Waals surface area contributed by atoms with E-state index < -0.39 is 11.1 Å². The third-order valence-corrected chi connectivity index (χ3v) is 4.61. The number of anilines is 1. The number of alkyl halides is 3. The summed E-state index contributed by atoms with van der Waals surface area (Å²) < 4.78 is 39.9. The number of fused-ring (bicyclic) bond motifs is 1. The van der Waals surface area contributed by atoms with Crippen molar-refractivity contribution in [3.05, 3.63) is 28.3 Å². The van der Waals surface area contributed by atoms with Crippen molar-refractivity contribution in [2.24, 2.45) is 0 Å². The quantitative estimate of drug-likeness (QED) is 0.812. The van der Waals surface area contributed by atoms with Gasteiger partial charge in [-0.1, -0.05) is 11.3 Å². The summed E-state index contributed by atoms with van der Waals surface area (Å²) in [5, 5.41) is 0.405. The van der Waals surface area contributed by atoms with Crippen LogP contribution in [-0.2, 0) is 19.3 Å². The first-order valence-electron chi connectivity index (χ1n) is 6.17. The predicted molar refractivity (Wildman–Crippen MR) is 69.9 cm³/mol. The fraction of sp³-hybridized carbons (Fsp3) is 0.500. The van der Waals surface area contributed by atoms with Gasteiger partial charge in [-0.25, -0.2) is 9.97 Å². The van der Waals surface area contributed by atoms with Crippen LogP contribution in [0.1, 0.15) is 22.1 Å². The number of imidazole rings is 1. The lowest BCUT2D eigenvalue weighted by Gasteiger charge is -2.27. The Kier molecular flexibility index (Phi) is 3.00. The van der Waals surface area contributed by atoms with Crippen LogP contribution < -0.4 is 4.90 Å². The van der Waals surface area contributed by atoms with Crippen molar-refractivity contribution >= 4 is 16.5 Å². The number of hydrogen-bond donors (Lipinski definition) is 0. The Morgan fingerprint density at radius 1 is 1.25 bits per heavy atom. The van der Waals surface area contributed by atoms with Gasteiger partial charge in [-0.05, 0) is 13.8 Å². The maximum absolute atomic E-state index is 12.6. The lowest BCUT2D eigenvalue weighted by molar-refractivity contribution is -0.134. The SMILES string of the molecule is Cc1nc2n(c1C)CCN(c1ncc(C(F)(F)F)s1)C2. The minimum absolute atomic E-state index is 0.405. The van der Waals surface area contributed by atoms with Crippen molar-refractivity contribution < 1.29 is 13.2 Å². The van der Waals surface area contributed by atoms with Crippen molar-refractivity contribution in [3.63, 3.8) is 0 Å². The minimum atomic E-state index is -4.32. The highest BCUT2D eigenvalue weighted by Crippen LogP contribution is 2.37. The van der Waals surface area contributed by atoms with Crippen molar-refractivity contribution in [2.75, 3.05) is 11.4 Å². The molecule has 1 aliphatic rings. The fourth-order valence-corrected chi connectivity index (χ4v) is 3.13. The summed E-state index contributed by atoms with van der Waals surface area (Å²) in [7, 11) is 0. The van der Waals surface area contributed by atoms with Crippen LogP contribution in [0.25, 0.3) is 0 Å². The molecule has 0 aliphatic carbocycles. The van der Waals surface area contributed by atoms with E-state index in [-0.39, 0.29) is 0 Å². The molecule has 20 heavy (non-hydrogen) atoms. The normalized spacial score (nSPS) is 15.6. The Morgan fingerprint density at radius 3 is 2.65 bits per heavy atom. The third kappa shape index (κ3) is 2.17. The average Bonchev–Trinajstić information content (AvgIpc) is 2.95. The van der Waals surface area contributed by atoms with Gasteiger partial charge in [0.15, 0.2) is 5.13 Å². The summed E-state index contributed by atoms with van der Waals surface area (Å²) in [6.45, 7) is 5.82. The summed E-state index contributed by atoms with van der Waals surface area (Å²) in [6, 6.07) is 0. The number of aryl methyl sites for hydroxylation is 1. The van der Waals surface area contributed by atoms with Crippen LogP contribution in [0.2, 0.25) is 0 Å².